The van der Waals surface area contributed by atoms with Crippen molar-refractivity contribution in [2.75, 3.05) is 48.1 Å². The fraction of sp³-hybridized carbons (Fsp3) is 0.532. The summed E-state index contributed by atoms with van der Waals surface area (Å²) in [4.78, 5) is 15.5. The van der Waals surface area contributed by atoms with Crippen molar-refractivity contribution in [1.29, 1.82) is 0 Å². The first-order valence-electron chi connectivity index (χ1n) is 23.7. The maximum atomic E-state index is 14.7. The molecule has 392 valence electrons. The summed E-state index contributed by atoms with van der Waals surface area (Å²) in [5.74, 6) is 2.10. The number of halogens is 4. The second-order valence-electron chi connectivity index (χ2n) is 20.8. The molecule has 73 heavy (non-hydrogen) atoms. The molecule has 0 saturated carbocycles. The molecular weight excluding hydrogens is 990 g/mol. The van der Waals surface area contributed by atoms with Crippen LogP contribution < -0.4 is 41.8 Å². The molecule has 4 aliphatic heterocycles. The Morgan fingerprint density at radius 1 is 0.671 bits per heavy atom. The number of alkyl halides is 1. The van der Waals surface area contributed by atoms with Gasteiger partial charge in [-0.05, 0) is 131 Å². The number of aromatic nitrogens is 12. The molecule has 26 heteroatoms. The standard InChI is InChI=1S/C24H32FN9O2.C12H17Cl2FN4.C11H13N5O2/c1-23(2)9-16(10-24(3,4)31-23)27-20-19(25)11-26-22(29-20)28-15-6-14(21-30-32-33-34(21)5)7-17(8-15)36-18-12-35-13-18;1-11(2)4-7(5-12(3,14)19-11)17-9-8(15)6-16-10(13)18-9;1-16-11(13-14-15-16)7-2-8(12)4-9(3-7)18-10-5-17-6-10/h6-8,11,16,18,31H,9-10,12-13H2,1-5H3,(H2,26,27,28,29);6-7,19H,4-5H2,1-3H3,(H,16,17,18);2-4,10H,5-6,12H2,1H3. The van der Waals surface area contributed by atoms with E-state index in [0.29, 0.717) is 67.4 Å². The van der Waals surface area contributed by atoms with Crippen LogP contribution in [0, 0.1) is 11.6 Å². The summed E-state index contributed by atoms with van der Waals surface area (Å²) >= 11 is 12.1. The van der Waals surface area contributed by atoms with Crippen molar-refractivity contribution in [1.82, 2.24) is 71.0 Å². The van der Waals surface area contributed by atoms with Crippen molar-refractivity contribution in [3.8, 4) is 34.3 Å². The molecule has 4 saturated heterocycles. The first kappa shape index (κ1) is 53.1. The second-order valence-corrected chi connectivity index (χ2v) is 22.0. The summed E-state index contributed by atoms with van der Waals surface area (Å²) < 4.78 is 53.5. The topological polar surface area (TPSA) is 262 Å². The average molecular weight is 1050 g/mol. The summed E-state index contributed by atoms with van der Waals surface area (Å²) in [5, 5.41) is 39.7. The van der Waals surface area contributed by atoms with Gasteiger partial charge in [-0.25, -0.2) is 28.1 Å². The molecule has 2 atom stereocenters. The van der Waals surface area contributed by atoms with Crippen molar-refractivity contribution < 1.29 is 27.7 Å². The van der Waals surface area contributed by atoms with Crippen LogP contribution in [0.5, 0.6) is 11.5 Å². The Morgan fingerprint density at radius 2 is 1.16 bits per heavy atom. The van der Waals surface area contributed by atoms with E-state index in [1.165, 1.54) is 6.20 Å². The minimum absolute atomic E-state index is 0.0120. The van der Waals surface area contributed by atoms with E-state index in [-0.39, 0.29) is 63.8 Å². The number of nitrogens with zero attached hydrogens (tertiary/aromatic N) is 12. The number of ether oxygens (including phenoxy) is 4. The van der Waals surface area contributed by atoms with E-state index in [1.807, 2.05) is 37.3 Å². The fourth-order valence-electron chi connectivity index (χ4n) is 9.56. The van der Waals surface area contributed by atoms with Crippen molar-refractivity contribution >= 4 is 52.2 Å². The molecule has 10 rings (SSSR count). The van der Waals surface area contributed by atoms with Crippen molar-refractivity contribution in [3.05, 3.63) is 65.7 Å². The van der Waals surface area contributed by atoms with Gasteiger partial charge in [0.05, 0.1) is 43.8 Å². The Balaban J connectivity index is 0.000000161. The predicted molar refractivity (Wildman–Crippen MR) is 272 cm³/mol. The van der Waals surface area contributed by atoms with E-state index in [0.717, 1.165) is 36.6 Å². The minimum Gasteiger partial charge on any atom is -0.485 e. The quantitative estimate of drug-likeness (QED) is 0.0333. The Labute approximate surface area is 431 Å². The average Bonchev–Trinajstić information content (AvgIpc) is 3.89. The zero-order valence-corrected chi connectivity index (χ0v) is 43.7. The van der Waals surface area contributed by atoms with Crippen LogP contribution in [0.3, 0.4) is 0 Å². The Morgan fingerprint density at radius 3 is 1.67 bits per heavy atom. The Kier molecular flexibility index (Phi) is 15.8. The van der Waals surface area contributed by atoms with Crippen LogP contribution in [0.4, 0.5) is 37.7 Å². The molecule has 0 radical (unpaired) electrons. The highest BCUT2D eigenvalue weighted by Crippen LogP contribution is 2.35. The lowest BCUT2D eigenvalue weighted by Crippen LogP contribution is -2.60. The highest BCUT2D eigenvalue weighted by molar-refractivity contribution is 6.28. The van der Waals surface area contributed by atoms with Crippen LogP contribution in [0.2, 0.25) is 5.28 Å². The lowest BCUT2D eigenvalue weighted by atomic mass is 9.79. The molecule has 0 aliphatic carbocycles. The molecule has 8 heterocycles. The van der Waals surface area contributed by atoms with Crippen molar-refractivity contribution in [2.24, 2.45) is 14.1 Å². The van der Waals surface area contributed by atoms with E-state index < -0.39 is 16.6 Å². The van der Waals surface area contributed by atoms with Crippen LogP contribution in [0.1, 0.15) is 74.1 Å². The largest absolute Gasteiger partial charge is 0.485 e. The van der Waals surface area contributed by atoms with E-state index >= 15 is 0 Å². The number of nitrogens with one attached hydrogen (secondary N) is 5. The first-order chi connectivity index (χ1) is 34.4. The molecule has 0 amide bonds. The number of rotatable bonds is 12. The number of anilines is 5. The number of tetrazole rings is 2. The van der Waals surface area contributed by atoms with E-state index in [1.54, 1.807) is 29.5 Å². The van der Waals surface area contributed by atoms with Crippen LogP contribution >= 0.6 is 23.2 Å². The molecule has 4 aliphatic rings. The number of benzene rings is 2. The van der Waals surface area contributed by atoms with E-state index in [2.05, 4.69) is 119 Å². The SMILES string of the molecule is CC1(C)CC(Nc2nc(Cl)ncc2F)CC(C)(Cl)N1.Cn1nnnc1-c1cc(N)cc(OC2COC2)c1.Cn1nnnc1-c1cc(Nc2ncc(F)c(NC3CC(C)(C)NC(C)(C)C3)n2)cc(OC2COC2)c1. The fourth-order valence-corrected chi connectivity index (χ4v) is 10.1. The Hall–Kier alpha value is -6.18. The van der Waals surface area contributed by atoms with Crippen LogP contribution in [-0.4, -0.2) is 133 Å². The van der Waals surface area contributed by atoms with Gasteiger partial charge in [-0.1, -0.05) is 0 Å². The van der Waals surface area contributed by atoms with Gasteiger partial charge in [0.1, 0.15) is 23.7 Å². The second kappa shape index (κ2) is 21.7. The predicted octanol–water partition coefficient (Wildman–Crippen LogP) is 6.45. The number of nitrogens with two attached hydrogens (primary N) is 1. The highest BCUT2D eigenvalue weighted by atomic mass is 35.5. The lowest BCUT2D eigenvalue weighted by Gasteiger charge is -2.46. The minimum atomic E-state index is -0.535. The third-order valence-electron chi connectivity index (χ3n) is 12.0. The summed E-state index contributed by atoms with van der Waals surface area (Å²) in [6.07, 6.45) is 5.46. The molecule has 6 aromatic rings. The number of piperidine rings is 2. The number of hydrogen-bond donors (Lipinski definition) is 6. The van der Waals surface area contributed by atoms with Gasteiger partial charge < -0.3 is 45.9 Å². The summed E-state index contributed by atoms with van der Waals surface area (Å²) in [6.45, 7) is 17.0. The number of hydrogen-bond acceptors (Lipinski definition) is 20. The van der Waals surface area contributed by atoms with Gasteiger partial charge in [0.15, 0.2) is 34.9 Å². The highest BCUT2D eigenvalue weighted by Gasteiger charge is 2.40. The van der Waals surface area contributed by atoms with Gasteiger partial charge in [-0.15, -0.1) is 21.8 Å². The van der Waals surface area contributed by atoms with Gasteiger partial charge in [-0.2, -0.15) is 9.97 Å². The third kappa shape index (κ3) is 14.5. The molecule has 22 nitrogen and oxygen atoms in total. The maximum Gasteiger partial charge on any atom is 0.229 e. The number of aryl methyl sites for hydroxylation is 2. The van der Waals surface area contributed by atoms with E-state index in [4.69, 9.17) is 47.9 Å². The summed E-state index contributed by atoms with van der Waals surface area (Å²) in [6, 6.07) is 11.1. The van der Waals surface area contributed by atoms with Gasteiger partial charge >= 0.3 is 0 Å². The van der Waals surface area contributed by atoms with Crippen LogP contribution in [0.15, 0.2) is 48.8 Å². The van der Waals surface area contributed by atoms with Crippen LogP contribution in [-0.2, 0) is 23.6 Å². The summed E-state index contributed by atoms with van der Waals surface area (Å²) in [7, 11) is 3.54. The molecule has 7 N–H and O–H groups in total. The Bertz CT molecular complexity index is 2830. The normalized spacial score (nSPS) is 21.2. The van der Waals surface area contributed by atoms with E-state index in [9.17, 15) is 8.78 Å². The monoisotopic (exact) mass is 1050 g/mol. The zero-order valence-electron chi connectivity index (χ0n) is 42.2. The van der Waals surface area contributed by atoms with Gasteiger partial charge in [0, 0.05) is 77.4 Å². The maximum absolute atomic E-state index is 14.7. The van der Waals surface area contributed by atoms with Crippen LogP contribution in [0.25, 0.3) is 22.8 Å². The molecule has 4 fully saturated rings. The molecule has 0 spiro atoms. The lowest BCUT2D eigenvalue weighted by molar-refractivity contribution is -0.0796. The smallest absolute Gasteiger partial charge is 0.229 e. The zero-order chi connectivity index (χ0) is 52.3. The number of nitrogen functional groups attached to an aromatic ring is 1. The molecule has 2 aromatic carbocycles. The van der Waals surface area contributed by atoms with Gasteiger partial charge in [0.25, 0.3) is 0 Å². The molecule has 4 aromatic heterocycles. The van der Waals surface area contributed by atoms with Crippen molar-refractivity contribution in [3.63, 3.8) is 0 Å². The van der Waals surface area contributed by atoms with Gasteiger partial charge in [0.2, 0.25) is 11.2 Å². The molecule has 0 bridgehead atoms. The third-order valence-corrected chi connectivity index (χ3v) is 12.4. The molecule has 2 unspecified atom stereocenters. The molecular formula is C47H62Cl2F2N18O4. The summed E-state index contributed by atoms with van der Waals surface area (Å²) in [5.41, 5.74) is 8.42. The first-order valence-corrected chi connectivity index (χ1v) is 24.5. The van der Waals surface area contributed by atoms with Crippen molar-refractivity contribution in [2.45, 2.75) is 120 Å². The van der Waals surface area contributed by atoms with Gasteiger partial charge in [-0.3, -0.25) is 5.32 Å².